The smallest absolute Gasteiger partial charge is 0.242 e. The highest BCUT2D eigenvalue weighted by molar-refractivity contribution is 7.89. The fourth-order valence-electron chi connectivity index (χ4n) is 2.67. The lowest BCUT2D eigenvalue weighted by Gasteiger charge is -2.16. The lowest BCUT2D eigenvalue weighted by Crippen LogP contribution is -2.27. The van der Waals surface area contributed by atoms with E-state index in [0.717, 1.165) is 4.31 Å². The average Bonchev–Trinajstić information content (AvgIpc) is 2.91. The third-order valence-corrected chi connectivity index (χ3v) is 7.53. The quantitative estimate of drug-likeness (QED) is 0.752. The molecule has 2 aromatic carbocycles. The highest BCUT2D eigenvalue weighted by Gasteiger charge is 2.23. The summed E-state index contributed by atoms with van der Waals surface area (Å²) in [5.41, 5.74) is 0.356. The molecule has 0 fully saturated rings. The first kappa shape index (κ1) is 20.6. The Morgan fingerprint density at radius 3 is 2.36 bits per heavy atom. The van der Waals surface area contributed by atoms with Crippen LogP contribution >= 0.6 is 0 Å². The second kappa shape index (κ2) is 8.08. The minimum atomic E-state index is -3.88. The molecule has 152 valence electrons. The topological polar surface area (TPSA) is 102 Å². The van der Waals surface area contributed by atoms with Crippen molar-refractivity contribution in [3.8, 4) is 11.5 Å². The highest BCUT2D eigenvalue weighted by atomic mass is 32.2. The van der Waals surface area contributed by atoms with Gasteiger partial charge in [-0.3, -0.25) is 0 Å². The molecular formula is C18H22N2O6S2. The van der Waals surface area contributed by atoms with Crippen LogP contribution in [0.15, 0.2) is 52.3 Å². The van der Waals surface area contributed by atoms with E-state index in [0.29, 0.717) is 36.7 Å². The molecule has 0 radical (unpaired) electrons. The summed E-state index contributed by atoms with van der Waals surface area (Å²) in [6.45, 7) is 0.786. The number of nitrogens with one attached hydrogen (secondary N) is 1. The van der Waals surface area contributed by atoms with E-state index in [1.165, 1.54) is 32.3 Å². The largest absolute Gasteiger partial charge is 0.490 e. The van der Waals surface area contributed by atoms with Gasteiger partial charge in [0, 0.05) is 33.1 Å². The monoisotopic (exact) mass is 426 g/mol. The van der Waals surface area contributed by atoms with Crippen molar-refractivity contribution in [2.45, 2.75) is 22.8 Å². The van der Waals surface area contributed by atoms with Crippen molar-refractivity contribution in [2.24, 2.45) is 0 Å². The molecule has 0 atom stereocenters. The Morgan fingerprint density at radius 2 is 1.64 bits per heavy atom. The molecule has 0 aromatic heterocycles. The molecule has 0 spiro atoms. The third kappa shape index (κ3) is 4.30. The summed E-state index contributed by atoms with van der Waals surface area (Å²) in [6, 6.07) is 10.7. The molecular weight excluding hydrogens is 404 g/mol. The van der Waals surface area contributed by atoms with Crippen molar-refractivity contribution in [1.82, 2.24) is 9.03 Å². The van der Waals surface area contributed by atoms with Gasteiger partial charge in [-0.2, -0.15) is 0 Å². The van der Waals surface area contributed by atoms with Crippen LogP contribution in [0.25, 0.3) is 0 Å². The summed E-state index contributed by atoms with van der Waals surface area (Å²) < 4.78 is 64.9. The molecule has 1 aliphatic heterocycles. The Bertz CT molecular complexity index is 1070. The maximum atomic E-state index is 12.7. The van der Waals surface area contributed by atoms with E-state index in [1.54, 1.807) is 24.3 Å². The number of benzene rings is 2. The molecule has 0 amide bonds. The van der Waals surface area contributed by atoms with Crippen LogP contribution in [-0.2, 0) is 26.6 Å². The van der Waals surface area contributed by atoms with Gasteiger partial charge >= 0.3 is 0 Å². The molecule has 28 heavy (non-hydrogen) atoms. The van der Waals surface area contributed by atoms with Gasteiger partial charge < -0.3 is 9.47 Å². The molecule has 8 nitrogen and oxygen atoms in total. The third-order valence-electron chi connectivity index (χ3n) is 4.21. The van der Waals surface area contributed by atoms with Gasteiger partial charge in [0.25, 0.3) is 0 Å². The summed E-state index contributed by atoms with van der Waals surface area (Å²) in [6.07, 6.45) is 0.714. The van der Waals surface area contributed by atoms with Gasteiger partial charge in [-0.25, -0.2) is 25.9 Å². The number of nitrogens with zero attached hydrogens (tertiary/aromatic N) is 1. The van der Waals surface area contributed by atoms with E-state index in [-0.39, 0.29) is 16.3 Å². The van der Waals surface area contributed by atoms with Gasteiger partial charge in [0.15, 0.2) is 11.5 Å². The van der Waals surface area contributed by atoms with Gasteiger partial charge in [0.1, 0.15) is 0 Å². The van der Waals surface area contributed by atoms with Crippen LogP contribution in [0.3, 0.4) is 0 Å². The second-order valence-corrected chi connectivity index (χ2v) is 10.3. The Kier molecular flexibility index (Phi) is 5.94. The Hall–Kier alpha value is -2.14. The number of fused-ring (bicyclic) bond motifs is 1. The molecule has 2 aromatic rings. The molecule has 1 aliphatic rings. The zero-order valence-corrected chi connectivity index (χ0v) is 17.2. The maximum Gasteiger partial charge on any atom is 0.242 e. The van der Waals surface area contributed by atoms with Crippen LogP contribution in [0.1, 0.15) is 12.0 Å². The van der Waals surface area contributed by atoms with Crippen molar-refractivity contribution < 1.29 is 26.3 Å². The lowest BCUT2D eigenvalue weighted by atomic mass is 10.2. The van der Waals surface area contributed by atoms with Crippen molar-refractivity contribution >= 4 is 20.0 Å². The van der Waals surface area contributed by atoms with Gasteiger partial charge in [-0.15, -0.1) is 0 Å². The van der Waals surface area contributed by atoms with Crippen LogP contribution < -0.4 is 14.2 Å². The minimum absolute atomic E-state index is 0.0182. The fraction of sp³-hybridized carbons (Fsp3) is 0.333. The summed E-state index contributed by atoms with van der Waals surface area (Å²) in [7, 11) is -4.73. The number of hydrogen-bond acceptors (Lipinski definition) is 6. The second-order valence-electron chi connectivity index (χ2n) is 6.38. The zero-order valence-electron chi connectivity index (χ0n) is 15.6. The summed E-state index contributed by atoms with van der Waals surface area (Å²) in [4.78, 5) is 0.0751. The van der Waals surface area contributed by atoms with Crippen molar-refractivity contribution in [2.75, 3.05) is 27.3 Å². The van der Waals surface area contributed by atoms with E-state index in [9.17, 15) is 16.8 Å². The van der Waals surface area contributed by atoms with Crippen LogP contribution in [-0.4, -0.2) is 48.4 Å². The van der Waals surface area contributed by atoms with Crippen molar-refractivity contribution in [1.29, 1.82) is 0 Å². The Labute approximate surface area is 165 Å². The molecule has 0 saturated carbocycles. The highest BCUT2D eigenvalue weighted by Crippen LogP contribution is 2.32. The van der Waals surface area contributed by atoms with Crippen LogP contribution in [0.5, 0.6) is 11.5 Å². The normalized spacial score (nSPS) is 14.7. The van der Waals surface area contributed by atoms with E-state index in [2.05, 4.69) is 4.72 Å². The molecule has 3 rings (SSSR count). The molecule has 10 heteroatoms. The SMILES string of the molecule is CN(C)S(=O)(=O)c1ccccc1CNS(=O)(=O)c1ccc2c(c1)OCCCO2. The van der Waals surface area contributed by atoms with Crippen LogP contribution in [0, 0.1) is 0 Å². The molecule has 0 saturated heterocycles. The van der Waals surface area contributed by atoms with Gasteiger partial charge in [-0.1, -0.05) is 18.2 Å². The lowest BCUT2D eigenvalue weighted by molar-refractivity contribution is 0.297. The predicted octanol–water partition coefficient (Wildman–Crippen LogP) is 1.58. The van der Waals surface area contributed by atoms with Crippen LogP contribution in [0.4, 0.5) is 0 Å². The van der Waals surface area contributed by atoms with E-state index >= 15 is 0 Å². The summed E-state index contributed by atoms with van der Waals surface area (Å²) in [5.74, 6) is 0.870. The standard InChI is InChI=1S/C18H22N2O6S2/c1-20(2)28(23,24)18-7-4-3-6-14(18)13-19-27(21,22)15-8-9-16-17(12-15)26-11-5-10-25-16/h3-4,6-9,12,19H,5,10-11,13H2,1-2H3. The fourth-order valence-corrected chi connectivity index (χ4v) is 4.80. The average molecular weight is 427 g/mol. The zero-order chi connectivity index (χ0) is 20.4. The summed E-state index contributed by atoms with van der Waals surface area (Å²) in [5, 5.41) is 0. The molecule has 0 unspecified atom stereocenters. The number of rotatable bonds is 6. The van der Waals surface area contributed by atoms with Crippen molar-refractivity contribution in [3.05, 3.63) is 48.0 Å². The Balaban J connectivity index is 1.85. The minimum Gasteiger partial charge on any atom is -0.490 e. The van der Waals surface area contributed by atoms with Gasteiger partial charge in [-0.05, 0) is 23.8 Å². The van der Waals surface area contributed by atoms with E-state index < -0.39 is 20.0 Å². The first-order valence-electron chi connectivity index (χ1n) is 8.61. The van der Waals surface area contributed by atoms with E-state index in [1.807, 2.05) is 0 Å². The molecule has 0 aliphatic carbocycles. The molecule has 1 heterocycles. The number of sulfonamides is 2. The Morgan fingerprint density at radius 1 is 0.964 bits per heavy atom. The summed E-state index contributed by atoms with van der Waals surface area (Å²) >= 11 is 0. The van der Waals surface area contributed by atoms with E-state index in [4.69, 9.17) is 9.47 Å². The van der Waals surface area contributed by atoms with Crippen LogP contribution in [0.2, 0.25) is 0 Å². The number of ether oxygens (including phenoxy) is 2. The maximum absolute atomic E-state index is 12.7. The molecule has 0 bridgehead atoms. The first-order chi connectivity index (χ1) is 13.2. The van der Waals surface area contributed by atoms with Gasteiger partial charge in [0.05, 0.1) is 23.0 Å². The predicted molar refractivity (Wildman–Crippen MR) is 103 cm³/mol. The first-order valence-corrected chi connectivity index (χ1v) is 11.5. The van der Waals surface area contributed by atoms with Crippen molar-refractivity contribution in [3.63, 3.8) is 0 Å². The van der Waals surface area contributed by atoms with Gasteiger partial charge in [0.2, 0.25) is 20.0 Å². The molecule has 1 N–H and O–H groups in total. The number of hydrogen-bond donors (Lipinski definition) is 1.